The number of benzene rings is 2. The van der Waals surface area contributed by atoms with E-state index in [1.54, 1.807) is 14.2 Å². The zero-order valence-corrected chi connectivity index (χ0v) is 17.3. The van der Waals surface area contributed by atoms with Gasteiger partial charge in [0.25, 0.3) is 0 Å². The SMILES string of the molecule is CN=C(NCCc1nc2ccccc2[nH]1)NCc1ccccc1OC.I. The van der Waals surface area contributed by atoms with Crippen LogP contribution in [0.1, 0.15) is 11.4 Å². The molecule has 0 spiro atoms. The first-order chi connectivity index (χ1) is 12.3. The molecule has 26 heavy (non-hydrogen) atoms. The Morgan fingerprint density at radius 1 is 1.12 bits per heavy atom. The number of methoxy groups -OCH3 is 1. The number of aliphatic imine (C=N–C) groups is 1. The molecule has 7 heteroatoms. The molecule has 0 saturated heterocycles. The van der Waals surface area contributed by atoms with Crippen molar-refractivity contribution in [2.75, 3.05) is 20.7 Å². The molecule has 0 atom stereocenters. The topological polar surface area (TPSA) is 74.3 Å². The molecule has 0 fully saturated rings. The number of hydrogen-bond donors (Lipinski definition) is 3. The molecule has 3 aromatic rings. The predicted octanol–water partition coefficient (Wildman–Crippen LogP) is 3.10. The molecule has 1 heterocycles. The van der Waals surface area contributed by atoms with Gasteiger partial charge in [0.05, 0.1) is 18.1 Å². The Labute approximate surface area is 170 Å². The second kappa shape index (κ2) is 10.0. The molecule has 6 nitrogen and oxygen atoms in total. The number of nitrogens with one attached hydrogen (secondary N) is 3. The largest absolute Gasteiger partial charge is 0.496 e. The first kappa shape index (κ1) is 20.0. The minimum Gasteiger partial charge on any atom is -0.496 e. The van der Waals surface area contributed by atoms with Crippen molar-refractivity contribution in [1.29, 1.82) is 0 Å². The van der Waals surface area contributed by atoms with Crippen LogP contribution in [0.25, 0.3) is 11.0 Å². The van der Waals surface area contributed by atoms with E-state index in [-0.39, 0.29) is 24.0 Å². The van der Waals surface area contributed by atoms with Gasteiger partial charge in [0.15, 0.2) is 5.96 Å². The number of imidazole rings is 1. The lowest BCUT2D eigenvalue weighted by Crippen LogP contribution is -2.38. The number of halogens is 1. The third kappa shape index (κ3) is 5.10. The number of guanidine groups is 1. The van der Waals surface area contributed by atoms with Gasteiger partial charge in [0.1, 0.15) is 11.6 Å². The summed E-state index contributed by atoms with van der Waals surface area (Å²) >= 11 is 0. The van der Waals surface area contributed by atoms with Gasteiger partial charge in [-0.05, 0) is 18.2 Å². The van der Waals surface area contributed by atoms with E-state index >= 15 is 0 Å². The van der Waals surface area contributed by atoms with Crippen molar-refractivity contribution in [3.63, 3.8) is 0 Å². The maximum atomic E-state index is 5.37. The highest BCUT2D eigenvalue weighted by atomic mass is 127. The normalized spacial score (nSPS) is 11.1. The standard InChI is InChI=1S/C19H23N5O.HI/c1-20-19(22-13-14-7-3-6-10-17(14)25-2)21-12-11-18-23-15-8-4-5-9-16(15)24-18;/h3-10H,11-13H2,1-2H3,(H,23,24)(H2,20,21,22);1H. The summed E-state index contributed by atoms with van der Waals surface area (Å²) in [5.41, 5.74) is 3.15. The highest BCUT2D eigenvalue weighted by molar-refractivity contribution is 14.0. The van der Waals surface area contributed by atoms with Crippen LogP contribution >= 0.6 is 24.0 Å². The molecule has 0 aliphatic carbocycles. The first-order valence-electron chi connectivity index (χ1n) is 8.30. The number of nitrogens with zero attached hydrogens (tertiary/aromatic N) is 2. The second-order valence-corrected chi connectivity index (χ2v) is 5.62. The molecule has 3 N–H and O–H groups in total. The number of rotatable bonds is 6. The van der Waals surface area contributed by atoms with Crippen molar-refractivity contribution in [3.05, 3.63) is 59.9 Å². The van der Waals surface area contributed by atoms with Gasteiger partial charge in [-0.3, -0.25) is 4.99 Å². The molecule has 0 bridgehead atoms. The maximum absolute atomic E-state index is 5.37. The van der Waals surface area contributed by atoms with Crippen LogP contribution in [0.15, 0.2) is 53.5 Å². The van der Waals surface area contributed by atoms with E-state index in [0.717, 1.165) is 47.1 Å². The molecule has 0 radical (unpaired) electrons. The minimum atomic E-state index is 0. The second-order valence-electron chi connectivity index (χ2n) is 5.62. The summed E-state index contributed by atoms with van der Waals surface area (Å²) in [7, 11) is 3.44. The Bertz CT molecular complexity index is 829. The van der Waals surface area contributed by atoms with E-state index in [1.165, 1.54) is 0 Å². The molecule has 138 valence electrons. The van der Waals surface area contributed by atoms with Crippen LogP contribution in [-0.2, 0) is 13.0 Å². The van der Waals surface area contributed by atoms with E-state index in [9.17, 15) is 0 Å². The van der Waals surface area contributed by atoms with Crippen molar-refractivity contribution in [1.82, 2.24) is 20.6 Å². The van der Waals surface area contributed by atoms with Gasteiger partial charge < -0.3 is 20.4 Å². The van der Waals surface area contributed by atoms with Gasteiger partial charge in [-0.1, -0.05) is 30.3 Å². The number of para-hydroxylation sites is 3. The fourth-order valence-electron chi connectivity index (χ4n) is 2.67. The van der Waals surface area contributed by atoms with E-state index in [1.807, 2.05) is 48.5 Å². The van der Waals surface area contributed by atoms with Gasteiger partial charge in [-0.15, -0.1) is 24.0 Å². The first-order valence-corrected chi connectivity index (χ1v) is 8.30. The number of fused-ring (bicyclic) bond motifs is 1. The van der Waals surface area contributed by atoms with Gasteiger partial charge in [-0.2, -0.15) is 0 Å². The van der Waals surface area contributed by atoms with Gasteiger partial charge >= 0.3 is 0 Å². The van der Waals surface area contributed by atoms with Crippen LogP contribution < -0.4 is 15.4 Å². The summed E-state index contributed by atoms with van der Waals surface area (Å²) in [4.78, 5) is 12.2. The Kier molecular flexibility index (Phi) is 7.71. The summed E-state index contributed by atoms with van der Waals surface area (Å²) in [5.74, 6) is 2.59. The quantitative estimate of drug-likeness (QED) is 0.297. The molecule has 0 saturated carbocycles. The maximum Gasteiger partial charge on any atom is 0.191 e. The predicted molar refractivity (Wildman–Crippen MR) is 116 cm³/mol. The van der Waals surface area contributed by atoms with Gasteiger partial charge in [-0.25, -0.2) is 4.98 Å². The number of H-pyrrole nitrogens is 1. The van der Waals surface area contributed by atoms with Crippen LogP contribution in [0, 0.1) is 0 Å². The van der Waals surface area contributed by atoms with Crippen LogP contribution in [0.5, 0.6) is 5.75 Å². The van der Waals surface area contributed by atoms with Crippen molar-refractivity contribution in [2.45, 2.75) is 13.0 Å². The average molecular weight is 465 g/mol. The van der Waals surface area contributed by atoms with Gasteiger partial charge in [0, 0.05) is 32.1 Å². The van der Waals surface area contributed by atoms with Crippen molar-refractivity contribution in [3.8, 4) is 5.75 Å². The zero-order chi connectivity index (χ0) is 17.5. The molecule has 2 aromatic carbocycles. The lowest BCUT2D eigenvalue weighted by atomic mass is 10.2. The zero-order valence-electron chi connectivity index (χ0n) is 15.0. The molecule has 0 unspecified atom stereocenters. The summed E-state index contributed by atoms with van der Waals surface area (Å²) in [6.07, 6.45) is 0.796. The Morgan fingerprint density at radius 3 is 2.65 bits per heavy atom. The molecular weight excluding hydrogens is 441 g/mol. The van der Waals surface area contributed by atoms with Crippen LogP contribution in [0.3, 0.4) is 0 Å². The van der Waals surface area contributed by atoms with Crippen LogP contribution in [0.4, 0.5) is 0 Å². The Morgan fingerprint density at radius 2 is 1.88 bits per heavy atom. The smallest absolute Gasteiger partial charge is 0.191 e. The summed E-state index contributed by atoms with van der Waals surface area (Å²) < 4.78 is 5.37. The summed E-state index contributed by atoms with van der Waals surface area (Å²) in [6, 6.07) is 16.0. The third-order valence-corrected chi connectivity index (χ3v) is 3.96. The van der Waals surface area contributed by atoms with Crippen molar-refractivity contribution < 1.29 is 4.74 Å². The summed E-state index contributed by atoms with van der Waals surface area (Å²) in [5, 5.41) is 6.61. The summed E-state index contributed by atoms with van der Waals surface area (Å²) in [6.45, 7) is 1.39. The molecule has 3 rings (SSSR count). The molecule has 1 aromatic heterocycles. The van der Waals surface area contributed by atoms with E-state index in [4.69, 9.17) is 4.74 Å². The monoisotopic (exact) mass is 465 g/mol. The van der Waals surface area contributed by atoms with Crippen LogP contribution in [-0.4, -0.2) is 36.6 Å². The molecule has 0 aliphatic heterocycles. The van der Waals surface area contributed by atoms with E-state index in [2.05, 4.69) is 25.6 Å². The number of hydrogen-bond acceptors (Lipinski definition) is 3. The van der Waals surface area contributed by atoms with Crippen molar-refractivity contribution in [2.24, 2.45) is 4.99 Å². The lowest BCUT2D eigenvalue weighted by molar-refractivity contribution is 0.409. The Hall–Kier alpha value is -2.29. The highest BCUT2D eigenvalue weighted by Gasteiger charge is 2.05. The van der Waals surface area contributed by atoms with Crippen LogP contribution in [0.2, 0.25) is 0 Å². The molecule has 0 amide bonds. The average Bonchev–Trinajstić information content (AvgIpc) is 3.07. The van der Waals surface area contributed by atoms with Crippen molar-refractivity contribution >= 4 is 41.0 Å². The lowest BCUT2D eigenvalue weighted by Gasteiger charge is -2.13. The Balaban J connectivity index is 0.00000243. The third-order valence-electron chi connectivity index (χ3n) is 3.96. The van der Waals surface area contributed by atoms with E-state index in [0.29, 0.717) is 6.54 Å². The number of ether oxygens (including phenoxy) is 1. The highest BCUT2D eigenvalue weighted by Crippen LogP contribution is 2.16. The minimum absolute atomic E-state index is 0. The number of aromatic nitrogens is 2. The molecule has 0 aliphatic rings. The molecular formula is C19H24IN5O. The van der Waals surface area contributed by atoms with E-state index < -0.39 is 0 Å². The van der Waals surface area contributed by atoms with Gasteiger partial charge in [0.2, 0.25) is 0 Å². The fourth-order valence-corrected chi connectivity index (χ4v) is 2.67. The number of aromatic amines is 1. The fraction of sp³-hybridized carbons (Fsp3) is 0.263.